The molecule has 0 saturated heterocycles. The minimum atomic E-state index is -3.51. The molecule has 0 aromatic carbocycles. The zero-order chi connectivity index (χ0) is 14.0. The summed E-state index contributed by atoms with van der Waals surface area (Å²) >= 11 is 1.16. The number of nitrogens with two attached hydrogens (primary N) is 1. The van der Waals surface area contributed by atoms with Crippen molar-refractivity contribution in [2.75, 3.05) is 27.2 Å². The summed E-state index contributed by atoms with van der Waals surface area (Å²) in [5, 5.41) is 1.70. The maximum absolute atomic E-state index is 12.4. The number of sulfonamides is 1. The van der Waals surface area contributed by atoms with E-state index in [0.717, 1.165) is 11.3 Å². The van der Waals surface area contributed by atoms with E-state index in [9.17, 15) is 8.42 Å². The maximum Gasteiger partial charge on any atom is 0.256 e. The van der Waals surface area contributed by atoms with Crippen LogP contribution in [0.3, 0.4) is 0 Å². The number of methoxy groups -OCH3 is 1. The summed E-state index contributed by atoms with van der Waals surface area (Å²) < 4.78 is 31.4. The van der Waals surface area contributed by atoms with E-state index in [-0.39, 0.29) is 9.62 Å². The molecule has 5 nitrogen and oxygen atoms in total. The summed E-state index contributed by atoms with van der Waals surface area (Å²) in [7, 11) is -0.486. The Labute approximate surface area is 113 Å². The van der Waals surface area contributed by atoms with Crippen LogP contribution in [0.15, 0.2) is 15.7 Å². The molecule has 0 aliphatic carbocycles. The van der Waals surface area contributed by atoms with E-state index in [1.165, 1.54) is 11.4 Å². The summed E-state index contributed by atoms with van der Waals surface area (Å²) in [6.45, 7) is 4.66. The monoisotopic (exact) mass is 292 g/mol. The molecule has 1 heterocycles. The summed E-state index contributed by atoms with van der Waals surface area (Å²) in [4.78, 5) is 0. The Morgan fingerprint density at radius 1 is 1.50 bits per heavy atom. The molecule has 0 unspecified atom stereocenters. The van der Waals surface area contributed by atoms with Crippen LogP contribution in [0.2, 0.25) is 0 Å². The van der Waals surface area contributed by atoms with Crippen molar-refractivity contribution in [1.29, 1.82) is 0 Å². The van der Waals surface area contributed by atoms with Gasteiger partial charge in [0.15, 0.2) is 4.21 Å². The van der Waals surface area contributed by atoms with Crippen LogP contribution in [-0.4, -0.2) is 40.0 Å². The summed E-state index contributed by atoms with van der Waals surface area (Å²) in [6.07, 6.45) is 0. The fourth-order valence-corrected chi connectivity index (χ4v) is 4.34. The number of hydrogen-bond donors (Lipinski definition) is 1. The lowest BCUT2D eigenvalue weighted by molar-refractivity contribution is 0.291. The molecule has 0 spiro atoms. The van der Waals surface area contributed by atoms with Gasteiger partial charge in [-0.25, -0.2) is 8.42 Å². The molecule has 0 aliphatic rings. The van der Waals surface area contributed by atoms with Crippen molar-refractivity contribution in [2.45, 2.75) is 18.1 Å². The topological polar surface area (TPSA) is 72.6 Å². The first-order valence-corrected chi connectivity index (χ1v) is 7.84. The van der Waals surface area contributed by atoms with Crippen molar-refractivity contribution in [2.24, 2.45) is 11.1 Å². The lowest BCUT2D eigenvalue weighted by Gasteiger charge is -2.28. The Morgan fingerprint density at radius 2 is 2.11 bits per heavy atom. The van der Waals surface area contributed by atoms with Gasteiger partial charge in [0.25, 0.3) is 10.0 Å². The third-order valence-electron chi connectivity index (χ3n) is 2.66. The molecule has 0 atom stereocenters. The van der Waals surface area contributed by atoms with Gasteiger partial charge in [-0.05, 0) is 23.4 Å². The van der Waals surface area contributed by atoms with Gasteiger partial charge in [0, 0.05) is 13.6 Å². The van der Waals surface area contributed by atoms with E-state index in [4.69, 9.17) is 10.5 Å². The van der Waals surface area contributed by atoms with Crippen molar-refractivity contribution in [1.82, 2.24) is 4.31 Å². The molecular weight excluding hydrogens is 272 g/mol. The van der Waals surface area contributed by atoms with Crippen LogP contribution in [0.25, 0.3) is 0 Å². The summed E-state index contributed by atoms with van der Waals surface area (Å²) in [6, 6.07) is 1.65. The van der Waals surface area contributed by atoms with Crippen molar-refractivity contribution in [3.63, 3.8) is 0 Å². The van der Waals surface area contributed by atoms with Crippen LogP contribution in [-0.2, 0) is 10.0 Å². The van der Waals surface area contributed by atoms with E-state index in [1.54, 1.807) is 18.5 Å². The first-order valence-electron chi connectivity index (χ1n) is 5.52. The van der Waals surface area contributed by atoms with Crippen molar-refractivity contribution >= 4 is 21.4 Å². The smallest absolute Gasteiger partial charge is 0.256 e. The van der Waals surface area contributed by atoms with E-state index in [1.807, 2.05) is 13.8 Å². The molecule has 0 radical (unpaired) electrons. The van der Waals surface area contributed by atoms with Crippen LogP contribution in [0.1, 0.15) is 13.8 Å². The van der Waals surface area contributed by atoms with E-state index >= 15 is 0 Å². The molecule has 7 heteroatoms. The second-order valence-corrected chi connectivity index (χ2v) is 8.06. The molecule has 1 aromatic rings. The van der Waals surface area contributed by atoms with Gasteiger partial charge < -0.3 is 10.5 Å². The quantitative estimate of drug-likeness (QED) is 0.859. The average Bonchev–Trinajstić information content (AvgIpc) is 2.77. The van der Waals surface area contributed by atoms with Crippen LogP contribution in [0.5, 0.6) is 5.75 Å². The highest BCUT2D eigenvalue weighted by molar-refractivity contribution is 7.91. The first kappa shape index (κ1) is 15.4. The van der Waals surface area contributed by atoms with E-state index < -0.39 is 10.0 Å². The number of ether oxygens (including phenoxy) is 1. The molecular formula is C11H20N2O3S2. The highest BCUT2D eigenvalue weighted by atomic mass is 32.2. The van der Waals surface area contributed by atoms with E-state index in [2.05, 4.69) is 0 Å². The summed E-state index contributed by atoms with van der Waals surface area (Å²) in [5.41, 5.74) is 5.37. The zero-order valence-corrected chi connectivity index (χ0v) is 12.8. The third kappa shape index (κ3) is 3.23. The molecule has 0 bridgehead atoms. The Morgan fingerprint density at radius 3 is 2.61 bits per heavy atom. The van der Waals surface area contributed by atoms with Crippen LogP contribution < -0.4 is 10.5 Å². The molecule has 0 saturated carbocycles. The standard InChI is InChI=1S/C11H20N2O3S2/c1-11(2,7-12)8-13(3)18(14,15)10-9(16-4)5-6-17-10/h5-6H,7-8,12H2,1-4H3. The van der Waals surface area contributed by atoms with Crippen LogP contribution in [0, 0.1) is 5.41 Å². The van der Waals surface area contributed by atoms with Crippen molar-refractivity contribution in [3.05, 3.63) is 11.4 Å². The highest BCUT2D eigenvalue weighted by Crippen LogP contribution is 2.32. The van der Waals surface area contributed by atoms with Gasteiger partial charge in [-0.15, -0.1) is 11.3 Å². The fraction of sp³-hybridized carbons (Fsp3) is 0.636. The van der Waals surface area contributed by atoms with Gasteiger partial charge in [-0.2, -0.15) is 4.31 Å². The normalized spacial score (nSPS) is 13.0. The third-order valence-corrected chi connectivity index (χ3v) is 5.89. The molecule has 0 fully saturated rings. The molecule has 1 aromatic heterocycles. The minimum Gasteiger partial charge on any atom is -0.494 e. The lowest BCUT2D eigenvalue weighted by Crippen LogP contribution is -2.39. The molecule has 1 rings (SSSR count). The molecule has 2 N–H and O–H groups in total. The largest absolute Gasteiger partial charge is 0.494 e. The SMILES string of the molecule is COc1ccsc1S(=O)(=O)N(C)CC(C)(C)CN. The van der Waals surface area contributed by atoms with Crippen molar-refractivity contribution in [3.8, 4) is 5.75 Å². The molecule has 0 amide bonds. The second kappa shape index (κ2) is 5.56. The predicted octanol–water partition coefficient (Wildman–Crippen LogP) is 1.36. The zero-order valence-electron chi connectivity index (χ0n) is 11.1. The Kier molecular flexibility index (Phi) is 4.77. The van der Waals surface area contributed by atoms with Crippen LogP contribution in [0.4, 0.5) is 0 Å². The van der Waals surface area contributed by atoms with Gasteiger partial charge in [-0.1, -0.05) is 13.8 Å². The second-order valence-electron chi connectivity index (χ2n) is 4.91. The Hall–Kier alpha value is -0.630. The van der Waals surface area contributed by atoms with Gasteiger partial charge in [0.2, 0.25) is 0 Å². The molecule has 0 aliphatic heterocycles. The number of hydrogen-bond acceptors (Lipinski definition) is 5. The Bertz CT molecular complexity index is 494. The van der Waals surface area contributed by atoms with Gasteiger partial charge >= 0.3 is 0 Å². The number of thiophene rings is 1. The summed E-state index contributed by atoms with van der Waals surface area (Å²) in [5.74, 6) is 0.386. The average molecular weight is 292 g/mol. The van der Waals surface area contributed by atoms with Gasteiger partial charge in [0.1, 0.15) is 5.75 Å². The molecule has 104 valence electrons. The number of nitrogens with zero attached hydrogens (tertiary/aromatic N) is 1. The van der Waals surface area contributed by atoms with Gasteiger partial charge in [-0.3, -0.25) is 0 Å². The lowest BCUT2D eigenvalue weighted by atomic mass is 9.94. The van der Waals surface area contributed by atoms with Crippen molar-refractivity contribution < 1.29 is 13.2 Å². The maximum atomic E-state index is 12.4. The Balaban J connectivity index is 3.01. The van der Waals surface area contributed by atoms with Crippen LogP contribution >= 0.6 is 11.3 Å². The predicted molar refractivity (Wildman–Crippen MR) is 73.5 cm³/mol. The first-order chi connectivity index (χ1) is 8.24. The highest BCUT2D eigenvalue weighted by Gasteiger charge is 2.30. The fourth-order valence-electron chi connectivity index (χ4n) is 1.52. The minimum absolute atomic E-state index is 0.236. The van der Waals surface area contributed by atoms with E-state index in [0.29, 0.717) is 18.8 Å². The number of rotatable bonds is 6. The van der Waals surface area contributed by atoms with Gasteiger partial charge in [0.05, 0.1) is 7.11 Å². The molecule has 18 heavy (non-hydrogen) atoms.